The maximum Gasteiger partial charge on any atom is 0.124 e. The van der Waals surface area contributed by atoms with Crippen LogP contribution in [0.4, 0.5) is 0 Å². The number of nitrogens with one attached hydrogen (secondary N) is 1. The predicted octanol–water partition coefficient (Wildman–Crippen LogP) is 2.49. The second-order valence-corrected chi connectivity index (χ2v) is 8.00. The molecular formula is C24H34N2O4. The molecule has 0 amide bonds. The van der Waals surface area contributed by atoms with Gasteiger partial charge in [0.2, 0.25) is 0 Å². The lowest BCUT2D eigenvalue weighted by atomic mass is 10.1. The summed E-state index contributed by atoms with van der Waals surface area (Å²) in [6.07, 6.45) is 0.754. The first-order chi connectivity index (χ1) is 14.5. The van der Waals surface area contributed by atoms with Crippen molar-refractivity contribution in [3.63, 3.8) is 0 Å². The molecule has 6 heteroatoms. The van der Waals surface area contributed by atoms with Gasteiger partial charge in [-0.05, 0) is 49.1 Å². The largest absolute Gasteiger partial charge is 0.497 e. The van der Waals surface area contributed by atoms with Gasteiger partial charge in [-0.15, -0.1) is 0 Å². The second-order valence-electron chi connectivity index (χ2n) is 8.00. The van der Waals surface area contributed by atoms with Crippen molar-refractivity contribution >= 4 is 0 Å². The Morgan fingerprint density at radius 1 is 1.10 bits per heavy atom. The van der Waals surface area contributed by atoms with E-state index in [2.05, 4.69) is 35.3 Å². The summed E-state index contributed by atoms with van der Waals surface area (Å²) < 4.78 is 11.3. The van der Waals surface area contributed by atoms with E-state index in [1.807, 2.05) is 24.3 Å². The number of aryl methyl sites for hydroxylation is 1. The first kappa shape index (κ1) is 22.6. The molecule has 164 valence electrons. The van der Waals surface area contributed by atoms with Gasteiger partial charge in [0.1, 0.15) is 24.2 Å². The summed E-state index contributed by atoms with van der Waals surface area (Å²) in [5, 5.41) is 23.5. The van der Waals surface area contributed by atoms with Crippen molar-refractivity contribution in [1.29, 1.82) is 0 Å². The number of benzene rings is 2. The van der Waals surface area contributed by atoms with Crippen LogP contribution in [0.3, 0.4) is 0 Å². The van der Waals surface area contributed by atoms with Gasteiger partial charge in [0.15, 0.2) is 0 Å². The molecule has 1 saturated heterocycles. The Kier molecular flexibility index (Phi) is 8.51. The first-order valence-electron chi connectivity index (χ1n) is 10.7. The molecule has 0 radical (unpaired) electrons. The van der Waals surface area contributed by atoms with Crippen LogP contribution in [0, 0.1) is 6.92 Å². The van der Waals surface area contributed by atoms with E-state index < -0.39 is 6.10 Å². The van der Waals surface area contributed by atoms with Crippen molar-refractivity contribution in [2.75, 3.05) is 33.4 Å². The zero-order valence-corrected chi connectivity index (χ0v) is 18.0. The lowest BCUT2D eigenvalue weighted by Gasteiger charge is -2.31. The summed E-state index contributed by atoms with van der Waals surface area (Å²) in [6, 6.07) is 14.1. The Morgan fingerprint density at radius 3 is 2.57 bits per heavy atom. The number of methoxy groups -OCH3 is 1. The van der Waals surface area contributed by atoms with E-state index in [0.29, 0.717) is 13.1 Å². The Labute approximate surface area is 179 Å². The van der Waals surface area contributed by atoms with Crippen molar-refractivity contribution in [2.24, 2.45) is 0 Å². The second kappa shape index (κ2) is 11.3. The maximum absolute atomic E-state index is 10.4. The molecule has 0 aliphatic carbocycles. The number of aliphatic hydroxyl groups excluding tert-OH is 2. The molecule has 3 rings (SSSR count). The molecule has 1 aliphatic heterocycles. The van der Waals surface area contributed by atoms with Gasteiger partial charge in [0.05, 0.1) is 13.2 Å². The minimum absolute atomic E-state index is 0.205. The highest BCUT2D eigenvalue weighted by atomic mass is 16.5. The van der Waals surface area contributed by atoms with E-state index in [0.717, 1.165) is 49.5 Å². The van der Waals surface area contributed by atoms with Gasteiger partial charge in [-0.2, -0.15) is 0 Å². The minimum Gasteiger partial charge on any atom is -0.497 e. The van der Waals surface area contributed by atoms with Gasteiger partial charge < -0.3 is 29.9 Å². The molecule has 0 aromatic heterocycles. The first-order valence-corrected chi connectivity index (χ1v) is 10.7. The van der Waals surface area contributed by atoms with Crippen LogP contribution in [0.25, 0.3) is 0 Å². The van der Waals surface area contributed by atoms with Crippen molar-refractivity contribution in [2.45, 2.75) is 45.1 Å². The Hall–Kier alpha value is -2.12. The molecule has 1 fully saturated rings. The molecule has 0 saturated carbocycles. The molecule has 0 unspecified atom stereocenters. The minimum atomic E-state index is -0.574. The van der Waals surface area contributed by atoms with Gasteiger partial charge in [0, 0.05) is 38.3 Å². The average Bonchev–Trinajstić information content (AvgIpc) is 2.75. The topological polar surface area (TPSA) is 74.2 Å². The quantitative estimate of drug-likeness (QED) is 0.555. The van der Waals surface area contributed by atoms with Crippen molar-refractivity contribution < 1.29 is 19.7 Å². The molecule has 2 aromatic rings. The van der Waals surface area contributed by atoms with E-state index in [1.54, 1.807) is 7.11 Å². The van der Waals surface area contributed by atoms with E-state index in [4.69, 9.17) is 9.47 Å². The average molecular weight is 415 g/mol. The zero-order valence-electron chi connectivity index (χ0n) is 18.0. The van der Waals surface area contributed by atoms with Gasteiger partial charge in [-0.3, -0.25) is 0 Å². The fraction of sp³-hybridized carbons (Fsp3) is 0.500. The van der Waals surface area contributed by atoms with E-state index in [1.165, 1.54) is 11.1 Å². The highest BCUT2D eigenvalue weighted by molar-refractivity contribution is 5.40. The number of likely N-dealkylation sites (tertiary alicyclic amines) is 1. The van der Waals surface area contributed by atoms with Gasteiger partial charge >= 0.3 is 0 Å². The summed E-state index contributed by atoms with van der Waals surface area (Å²) in [5.74, 6) is 1.53. The fourth-order valence-corrected chi connectivity index (χ4v) is 3.74. The smallest absolute Gasteiger partial charge is 0.124 e. The number of hydrogen-bond donors (Lipinski definition) is 3. The van der Waals surface area contributed by atoms with Gasteiger partial charge in [-0.1, -0.05) is 24.3 Å². The summed E-state index contributed by atoms with van der Waals surface area (Å²) in [7, 11) is 1.65. The standard InChI is InChI=1S/C24H34N2O4/c1-18-5-3-4-6-19(18)14-25-15-20-13-23(29-2)7-8-24(20)30-17-22(28)16-26-11-9-21(27)10-12-26/h3-8,13,21-22,25,27-28H,9-12,14-17H2,1-2H3/t22-/m1/s1. The zero-order chi connectivity index (χ0) is 21.3. The van der Waals surface area contributed by atoms with Gasteiger partial charge in [-0.25, -0.2) is 0 Å². The van der Waals surface area contributed by atoms with E-state index >= 15 is 0 Å². The molecule has 0 spiro atoms. The van der Waals surface area contributed by atoms with Crippen LogP contribution in [0.15, 0.2) is 42.5 Å². The third-order valence-corrected chi connectivity index (χ3v) is 5.62. The number of rotatable bonds is 10. The highest BCUT2D eigenvalue weighted by Gasteiger charge is 2.20. The van der Waals surface area contributed by atoms with Crippen molar-refractivity contribution in [1.82, 2.24) is 10.2 Å². The molecule has 1 atom stereocenters. The number of aliphatic hydroxyl groups is 2. The number of hydrogen-bond acceptors (Lipinski definition) is 6. The van der Waals surface area contributed by atoms with Crippen molar-refractivity contribution in [3.05, 3.63) is 59.2 Å². The lowest BCUT2D eigenvalue weighted by Crippen LogP contribution is -2.41. The normalized spacial score (nSPS) is 16.4. The Bertz CT molecular complexity index is 791. The number of piperidine rings is 1. The molecule has 0 bridgehead atoms. The summed E-state index contributed by atoms with van der Waals surface area (Å²) in [6.45, 7) is 5.94. The highest BCUT2D eigenvalue weighted by Crippen LogP contribution is 2.25. The number of β-amino-alcohol motifs (C(OH)–C–C–N with tert-alkyl or cyclic N) is 1. The SMILES string of the molecule is COc1ccc(OC[C@H](O)CN2CCC(O)CC2)c(CNCc2ccccc2C)c1. The molecule has 1 heterocycles. The van der Waals surface area contributed by atoms with Crippen LogP contribution >= 0.6 is 0 Å². The van der Waals surface area contributed by atoms with Crippen LogP contribution < -0.4 is 14.8 Å². The maximum atomic E-state index is 10.4. The summed E-state index contributed by atoms with van der Waals surface area (Å²) in [4.78, 5) is 2.18. The number of ether oxygens (including phenoxy) is 2. The molecule has 2 aromatic carbocycles. The predicted molar refractivity (Wildman–Crippen MR) is 118 cm³/mol. The number of nitrogens with zero attached hydrogens (tertiary/aromatic N) is 1. The van der Waals surface area contributed by atoms with Gasteiger partial charge in [0.25, 0.3) is 0 Å². The monoisotopic (exact) mass is 414 g/mol. The summed E-state index contributed by atoms with van der Waals surface area (Å²) in [5.41, 5.74) is 3.53. The Morgan fingerprint density at radius 2 is 1.83 bits per heavy atom. The summed E-state index contributed by atoms with van der Waals surface area (Å²) >= 11 is 0. The Balaban J connectivity index is 1.54. The van der Waals surface area contributed by atoms with Crippen LogP contribution in [0.1, 0.15) is 29.5 Å². The van der Waals surface area contributed by atoms with Crippen LogP contribution in [0.2, 0.25) is 0 Å². The molecule has 3 N–H and O–H groups in total. The van der Waals surface area contributed by atoms with E-state index in [-0.39, 0.29) is 12.7 Å². The van der Waals surface area contributed by atoms with Crippen LogP contribution in [-0.2, 0) is 13.1 Å². The molecule has 30 heavy (non-hydrogen) atoms. The fourth-order valence-electron chi connectivity index (χ4n) is 3.74. The van der Waals surface area contributed by atoms with E-state index in [9.17, 15) is 10.2 Å². The lowest BCUT2D eigenvalue weighted by molar-refractivity contribution is 0.0336. The van der Waals surface area contributed by atoms with Crippen molar-refractivity contribution in [3.8, 4) is 11.5 Å². The third kappa shape index (κ3) is 6.71. The third-order valence-electron chi connectivity index (χ3n) is 5.62. The molecule has 1 aliphatic rings. The molecular weight excluding hydrogens is 380 g/mol. The van der Waals surface area contributed by atoms with Crippen LogP contribution in [0.5, 0.6) is 11.5 Å². The molecule has 6 nitrogen and oxygen atoms in total. The van der Waals surface area contributed by atoms with Crippen LogP contribution in [-0.4, -0.2) is 60.7 Å².